The molecule has 1 aliphatic rings. The zero-order valence-corrected chi connectivity index (χ0v) is 7.02. The molecule has 1 aromatic carbocycles. The van der Waals surface area contributed by atoms with E-state index in [9.17, 15) is 0 Å². The minimum absolute atomic E-state index is 0.548. The molecular formula is C7H5ClO2S. The van der Waals surface area contributed by atoms with Crippen LogP contribution in [-0.2, 0) is 0 Å². The summed E-state index contributed by atoms with van der Waals surface area (Å²) in [6, 6.07) is 5.43. The van der Waals surface area contributed by atoms with Crippen molar-refractivity contribution < 1.29 is 9.84 Å². The van der Waals surface area contributed by atoms with E-state index < -0.39 is 5.62 Å². The Bertz CT molecular complexity index is 290. The predicted octanol–water partition coefficient (Wildman–Crippen LogP) is 2.10. The van der Waals surface area contributed by atoms with Crippen LogP contribution in [-0.4, -0.2) is 10.7 Å². The molecule has 4 heteroatoms. The van der Waals surface area contributed by atoms with Crippen molar-refractivity contribution in [3.05, 3.63) is 23.2 Å². The number of para-hydroxylation sites is 1. The molecule has 1 aliphatic heterocycles. The first-order valence-electron chi connectivity index (χ1n) is 3.07. The van der Waals surface area contributed by atoms with Gasteiger partial charge >= 0.3 is 0 Å². The lowest BCUT2D eigenvalue weighted by Crippen LogP contribution is -2.03. The normalized spacial score (nSPS) is 21.1. The molecule has 0 saturated carbocycles. The smallest absolute Gasteiger partial charge is 0.251 e. The lowest BCUT2D eigenvalue weighted by molar-refractivity contribution is 0.0684. The Kier molecular flexibility index (Phi) is 1.71. The molecule has 0 aliphatic carbocycles. The largest absolute Gasteiger partial charge is 0.452 e. The molecule has 0 fully saturated rings. The van der Waals surface area contributed by atoms with Crippen LogP contribution in [0.25, 0.3) is 0 Å². The highest BCUT2D eigenvalue weighted by Crippen LogP contribution is 2.43. The van der Waals surface area contributed by atoms with Gasteiger partial charge in [0.1, 0.15) is 0 Å². The van der Waals surface area contributed by atoms with Crippen LogP contribution in [0.5, 0.6) is 5.75 Å². The highest BCUT2D eigenvalue weighted by molar-refractivity contribution is 8.00. The molecule has 0 aromatic heterocycles. The summed E-state index contributed by atoms with van der Waals surface area (Å²) in [4.78, 5) is 0.894. The second-order valence-electron chi connectivity index (χ2n) is 2.11. The SMILES string of the molecule is O[C@@H]1Oc2c(Cl)cccc2S1. The molecule has 1 N–H and O–H groups in total. The molecule has 0 saturated heterocycles. The highest BCUT2D eigenvalue weighted by Gasteiger charge is 2.22. The minimum Gasteiger partial charge on any atom is -0.452 e. The zero-order chi connectivity index (χ0) is 7.84. The average molecular weight is 189 g/mol. The van der Waals surface area contributed by atoms with Crippen molar-refractivity contribution in [3.8, 4) is 5.75 Å². The second kappa shape index (κ2) is 2.59. The Balaban J connectivity index is 2.49. The number of benzene rings is 1. The first-order chi connectivity index (χ1) is 5.27. The van der Waals surface area contributed by atoms with Gasteiger partial charge in [0, 0.05) is 0 Å². The van der Waals surface area contributed by atoms with Gasteiger partial charge in [0.15, 0.2) is 5.75 Å². The number of hydrogen-bond acceptors (Lipinski definition) is 3. The van der Waals surface area contributed by atoms with Crippen molar-refractivity contribution in [1.29, 1.82) is 0 Å². The Labute approximate surface area is 73.1 Å². The summed E-state index contributed by atoms with van der Waals surface area (Å²) in [7, 11) is 0. The van der Waals surface area contributed by atoms with E-state index in [1.807, 2.05) is 12.1 Å². The average Bonchev–Trinajstić information content (AvgIpc) is 2.31. The molecule has 1 aromatic rings. The van der Waals surface area contributed by atoms with Crippen LogP contribution in [0.2, 0.25) is 5.02 Å². The van der Waals surface area contributed by atoms with Crippen LogP contribution >= 0.6 is 23.4 Å². The third-order valence-electron chi connectivity index (χ3n) is 1.38. The van der Waals surface area contributed by atoms with Crippen molar-refractivity contribution in [3.63, 3.8) is 0 Å². The second-order valence-corrected chi connectivity index (χ2v) is 3.60. The van der Waals surface area contributed by atoms with Gasteiger partial charge in [-0.1, -0.05) is 17.7 Å². The first kappa shape index (κ1) is 7.28. The van der Waals surface area contributed by atoms with Gasteiger partial charge in [-0.15, -0.1) is 0 Å². The van der Waals surface area contributed by atoms with Gasteiger partial charge in [-0.05, 0) is 23.9 Å². The summed E-state index contributed by atoms with van der Waals surface area (Å²) < 4.78 is 5.02. The number of hydrogen-bond donors (Lipinski definition) is 1. The van der Waals surface area contributed by atoms with Gasteiger partial charge in [-0.25, -0.2) is 0 Å². The molecule has 1 heterocycles. The monoisotopic (exact) mass is 188 g/mol. The predicted molar refractivity (Wildman–Crippen MR) is 43.9 cm³/mol. The van der Waals surface area contributed by atoms with Crippen molar-refractivity contribution in [2.45, 2.75) is 10.5 Å². The lowest BCUT2D eigenvalue weighted by Gasteiger charge is -2.00. The van der Waals surface area contributed by atoms with Crippen LogP contribution in [0, 0.1) is 0 Å². The molecule has 0 radical (unpaired) electrons. The molecule has 0 spiro atoms. The van der Waals surface area contributed by atoms with Crippen molar-refractivity contribution in [2.24, 2.45) is 0 Å². The standard InChI is InChI=1S/C7H5ClO2S/c8-4-2-1-3-5-6(4)10-7(9)11-5/h1-3,7,9H/t7-/m1/s1. The third-order valence-corrected chi connectivity index (χ3v) is 2.55. The molecule has 0 bridgehead atoms. The number of rotatable bonds is 0. The molecule has 0 unspecified atom stereocenters. The van der Waals surface area contributed by atoms with E-state index in [0.29, 0.717) is 10.8 Å². The van der Waals surface area contributed by atoms with E-state index in [1.54, 1.807) is 6.07 Å². The van der Waals surface area contributed by atoms with Crippen molar-refractivity contribution in [2.75, 3.05) is 0 Å². The molecule has 11 heavy (non-hydrogen) atoms. The Morgan fingerprint density at radius 3 is 3.09 bits per heavy atom. The lowest BCUT2D eigenvalue weighted by atomic mass is 10.3. The van der Waals surface area contributed by atoms with Crippen LogP contribution in [0.15, 0.2) is 23.1 Å². The number of aliphatic hydroxyl groups is 1. The van der Waals surface area contributed by atoms with Crippen LogP contribution in [0.3, 0.4) is 0 Å². The topological polar surface area (TPSA) is 29.5 Å². The van der Waals surface area contributed by atoms with Crippen LogP contribution in [0.1, 0.15) is 0 Å². The quantitative estimate of drug-likeness (QED) is 0.676. The van der Waals surface area contributed by atoms with Gasteiger partial charge in [-0.3, -0.25) is 0 Å². The number of ether oxygens (including phenoxy) is 1. The Morgan fingerprint density at radius 1 is 1.55 bits per heavy atom. The molecule has 58 valence electrons. The van der Waals surface area contributed by atoms with Crippen LogP contribution < -0.4 is 4.74 Å². The van der Waals surface area contributed by atoms with E-state index in [2.05, 4.69) is 0 Å². The highest BCUT2D eigenvalue weighted by atomic mass is 35.5. The van der Waals surface area contributed by atoms with Crippen molar-refractivity contribution in [1.82, 2.24) is 0 Å². The molecule has 1 atom stereocenters. The fourth-order valence-corrected chi connectivity index (χ4v) is 1.99. The van der Waals surface area contributed by atoms with Gasteiger partial charge in [0.25, 0.3) is 5.62 Å². The van der Waals surface area contributed by atoms with Gasteiger partial charge in [-0.2, -0.15) is 0 Å². The summed E-state index contributed by atoms with van der Waals surface area (Å²) in [5, 5.41) is 9.60. The van der Waals surface area contributed by atoms with Crippen molar-refractivity contribution >= 4 is 23.4 Å². The summed E-state index contributed by atoms with van der Waals surface area (Å²) >= 11 is 7.04. The van der Waals surface area contributed by atoms with E-state index in [0.717, 1.165) is 4.90 Å². The zero-order valence-electron chi connectivity index (χ0n) is 5.45. The summed E-state index contributed by atoms with van der Waals surface area (Å²) in [6.07, 6.45) is 0. The minimum atomic E-state index is -0.801. The van der Waals surface area contributed by atoms with E-state index in [-0.39, 0.29) is 0 Å². The van der Waals surface area contributed by atoms with Gasteiger partial charge < -0.3 is 9.84 Å². The van der Waals surface area contributed by atoms with Gasteiger partial charge in [0.2, 0.25) is 0 Å². The molecule has 2 nitrogen and oxygen atoms in total. The first-order valence-corrected chi connectivity index (χ1v) is 4.33. The van der Waals surface area contributed by atoms with Crippen LogP contribution in [0.4, 0.5) is 0 Å². The number of aliphatic hydroxyl groups excluding tert-OH is 1. The maximum Gasteiger partial charge on any atom is 0.251 e. The Morgan fingerprint density at radius 2 is 2.36 bits per heavy atom. The van der Waals surface area contributed by atoms with Gasteiger partial charge in [0.05, 0.1) is 9.92 Å². The maximum atomic E-state index is 9.06. The fourth-order valence-electron chi connectivity index (χ4n) is 0.930. The Hall–Kier alpha value is -0.380. The molecule has 2 rings (SSSR count). The molecule has 0 amide bonds. The van der Waals surface area contributed by atoms with E-state index >= 15 is 0 Å². The fraction of sp³-hybridized carbons (Fsp3) is 0.143. The summed E-state index contributed by atoms with van der Waals surface area (Å²) in [5.74, 6) is 0.590. The maximum absolute atomic E-state index is 9.06. The summed E-state index contributed by atoms with van der Waals surface area (Å²) in [6.45, 7) is 0. The van der Waals surface area contributed by atoms with E-state index in [1.165, 1.54) is 11.8 Å². The number of fused-ring (bicyclic) bond motifs is 1. The molecular weight excluding hydrogens is 184 g/mol. The third kappa shape index (κ3) is 1.20. The van der Waals surface area contributed by atoms with E-state index in [4.69, 9.17) is 21.4 Å². The number of thioether (sulfide) groups is 1. The number of halogens is 1. The summed E-state index contributed by atoms with van der Waals surface area (Å²) in [5.41, 5.74) is -0.801.